The highest BCUT2D eigenvalue weighted by molar-refractivity contribution is 4.88. The minimum absolute atomic E-state index is 0. The standard InChI is InChI=1S/C4H6O.C4H10.C4H6.CH4/c1-2-4-3-5-4;2*1-3-4-2;/h2,4H,1,3H2;3-4H2,1-2H3;3-4H,1-2H2;1H4. The van der Waals surface area contributed by atoms with Crippen molar-refractivity contribution >= 4 is 0 Å². The highest BCUT2D eigenvalue weighted by atomic mass is 16.6. The zero-order valence-corrected chi connectivity index (χ0v) is 8.96. The van der Waals surface area contributed by atoms with Crippen molar-refractivity contribution in [2.75, 3.05) is 6.61 Å². The maximum atomic E-state index is 4.74. The van der Waals surface area contributed by atoms with E-state index in [1.165, 1.54) is 12.8 Å². The third-order valence-electron chi connectivity index (χ3n) is 1.29. The first-order valence-corrected chi connectivity index (χ1v) is 4.74. The van der Waals surface area contributed by atoms with Crippen LogP contribution in [-0.4, -0.2) is 12.7 Å². The summed E-state index contributed by atoms with van der Waals surface area (Å²) < 4.78 is 4.74. The molecular formula is C13H26O. The van der Waals surface area contributed by atoms with Crippen LogP contribution in [0.2, 0.25) is 0 Å². The second-order valence-corrected chi connectivity index (χ2v) is 2.58. The number of epoxide rings is 1. The molecule has 14 heavy (non-hydrogen) atoms. The molecule has 1 saturated heterocycles. The molecule has 84 valence electrons. The third-order valence-corrected chi connectivity index (χ3v) is 1.29. The summed E-state index contributed by atoms with van der Waals surface area (Å²) in [7, 11) is 0. The van der Waals surface area contributed by atoms with Gasteiger partial charge in [-0.3, -0.25) is 0 Å². The molecule has 0 aromatic heterocycles. The van der Waals surface area contributed by atoms with Crippen LogP contribution in [0.15, 0.2) is 38.0 Å². The lowest BCUT2D eigenvalue weighted by Crippen LogP contribution is -1.65. The van der Waals surface area contributed by atoms with Crippen molar-refractivity contribution in [3.05, 3.63) is 38.0 Å². The van der Waals surface area contributed by atoms with Crippen LogP contribution < -0.4 is 0 Å². The Balaban J connectivity index is -0.000000127. The smallest absolute Gasteiger partial charge is 0.0988 e. The van der Waals surface area contributed by atoms with E-state index in [0.29, 0.717) is 6.10 Å². The SMILES string of the molecule is C.C=CC1CO1.C=CC=C.CCCC. The van der Waals surface area contributed by atoms with E-state index in [4.69, 9.17) is 4.74 Å². The van der Waals surface area contributed by atoms with E-state index in [2.05, 4.69) is 33.6 Å². The van der Waals surface area contributed by atoms with Crippen LogP contribution in [0.1, 0.15) is 34.1 Å². The molecule has 1 heterocycles. The average Bonchev–Trinajstić information content (AvgIpc) is 3.02. The largest absolute Gasteiger partial charge is 0.369 e. The van der Waals surface area contributed by atoms with E-state index in [0.717, 1.165) is 6.61 Å². The summed E-state index contributed by atoms with van der Waals surface area (Å²) >= 11 is 0. The zero-order valence-electron chi connectivity index (χ0n) is 8.96. The second-order valence-electron chi connectivity index (χ2n) is 2.58. The van der Waals surface area contributed by atoms with Gasteiger partial charge in [-0.05, 0) is 0 Å². The molecule has 1 heteroatoms. The monoisotopic (exact) mass is 198 g/mol. The van der Waals surface area contributed by atoms with Gasteiger partial charge in [-0.15, -0.1) is 6.58 Å². The molecule has 0 aliphatic carbocycles. The van der Waals surface area contributed by atoms with Crippen molar-refractivity contribution in [1.29, 1.82) is 0 Å². The molecule has 1 aliphatic rings. The molecule has 0 saturated carbocycles. The Morgan fingerprint density at radius 1 is 1.14 bits per heavy atom. The number of allylic oxidation sites excluding steroid dienone is 2. The number of hydrogen-bond acceptors (Lipinski definition) is 1. The van der Waals surface area contributed by atoms with Gasteiger partial charge in [0.25, 0.3) is 0 Å². The molecule has 1 aliphatic heterocycles. The molecular weight excluding hydrogens is 172 g/mol. The Kier molecular flexibility index (Phi) is 24.3. The minimum atomic E-state index is 0. The summed E-state index contributed by atoms with van der Waals surface area (Å²) in [5, 5.41) is 0. The van der Waals surface area contributed by atoms with Crippen LogP contribution in [0.4, 0.5) is 0 Å². The molecule has 1 unspecified atom stereocenters. The number of rotatable bonds is 3. The molecule has 0 aromatic rings. The van der Waals surface area contributed by atoms with Crippen molar-refractivity contribution in [2.45, 2.75) is 40.2 Å². The molecule has 0 bridgehead atoms. The summed E-state index contributed by atoms with van der Waals surface area (Å²) in [6, 6.07) is 0. The van der Waals surface area contributed by atoms with E-state index in [-0.39, 0.29) is 7.43 Å². The van der Waals surface area contributed by atoms with Gasteiger partial charge in [0.05, 0.1) is 12.7 Å². The number of hydrogen-bond donors (Lipinski definition) is 0. The molecule has 1 atom stereocenters. The Bertz CT molecular complexity index is 115. The first-order valence-electron chi connectivity index (χ1n) is 4.74. The van der Waals surface area contributed by atoms with E-state index in [1.54, 1.807) is 18.2 Å². The first kappa shape index (κ1) is 18.9. The topological polar surface area (TPSA) is 12.5 Å². The Labute approximate surface area is 90.2 Å². The van der Waals surface area contributed by atoms with Gasteiger partial charge in [0.1, 0.15) is 0 Å². The lowest BCUT2D eigenvalue weighted by Gasteiger charge is -1.68. The minimum Gasteiger partial charge on any atom is -0.369 e. The van der Waals surface area contributed by atoms with Crippen LogP contribution in [-0.2, 0) is 4.74 Å². The average molecular weight is 198 g/mol. The van der Waals surface area contributed by atoms with Gasteiger partial charge in [0.15, 0.2) is 0 Å². The summed E-state index contributed by atoms with van der Waals surface area (Å²) in [6.07, 6.45) is 8.12. The highest BCUT2D eigenvalue weighted by Gasteiger charge is 2.16. The third kappa shape index (κ3) is 30.3. The van der Waals surface area contributed by atoms with E-state index >= 15 is 0 Å². The van der Waals surface area contributed by atoms with Gasteiger partial charge in [0, 0.05) is 0 Å². The second kappa shape index (κ2) is 18.1. The summed E-state index contributed by atoms with van der Waals surface area (Å²) in [5.74, 6) is 0. The highest BCUT2D eigenvalue weighted by Crippen LogP contribution is 2.07. The van der Waals surface area contributed by atoms with Crippen molar-refractivity contribution in [2.24, 2.45) is 0 Å². The van der Waals surface area contributed by atoms with Crippen LogP contribution in [0.3, 0.4) is 0 Å². The van der Waals surface area contributed by atoms with Gasteiger partial charge in [-0.1, -0.05) is 65.5 Å². The van der Waals surface area contributed by atoms with Gasteiger partial charge in [-0.25, -0.2) is 0 Å². The van der Waals surface area contributed by atoms with Crippen LogP contribution in [0, 0.1) is 0 Å². The van der Waals surface area contributed by atoms with Gasteiger partial charge < -0.3 is 4.74 Å². The molecule has 1 rings (SSSR count). The molecule has 1 fully saturated rings. The number of unbranched alkanes of at least 4 members (excludes halogenated alkanes) is 1. The van der Waals surface area contributed by atoms with E-state index in [1.807, 2.05) is 0 Å². The van der Waals surface area contributed by atoms with E-state index in [9.17, 15) is 0 Å². The molecule has 0 aromatic carbocycles. The Morgan fingerprint density at radius 3 is 1.50 bits per heavy atom. The van der Waals surface area contributed by atoms with Crippen molar-refractivity contribution in [1.82, 2.24) is 0 Å². The molecule has 0 radical (unpaired) electrons. The van der Waals surface area contributed by atoms with E-state index < -0.39 is 0 Å². The van der Waals surface area contributed by atoms with Crippen LogP contribution in [0.5, 0.6) is 0 Å². The first-order chi connectivity index (χ1) is 6.26. The van der Waals surface area contributed by atoms with Crippen molar-refractivity contribution in [3.63, 3.8) is 0 Å². The zero-order chi connectivity index (χ0) is 10.5. The predicted octanol–water partition coefficient (Wildman–Crippen LogP) is 4.37. The molecule has 1 nitrogen and oxygen atoms in total. The summed E-state index contributed by atoms with van der Waals surface area (Å²) in [5.41, 5.74) is 0. The Morgan fingerprint density at radius 2 is 1.50 bits per heavy atom. The maximum Gasteiger partial charge on any atom is 0.0988 e. The Hall–Kier alpha value is -0.820. The molecule has 0 spiro atoms. The maximum absolute atomic E-state index is 4.74. The quantitative estimate of drug-likeness (QED) is 0.372. The normalized spacial score (nSPS) is 15.4. The lowest BCUT2D eigenvalue weighted by molar-refractivity contribution is 0.440. The summed E-state index contributed by atoms with van der Waals surface area (Å²) in [6.45, 7) is 15.5. The fraction of sp³-hybridized carbons (Fsp3) is 0.538. The summed E-state index contributed by atoms with van der Waals surface area (Å²) in [4.78, 5) is 0. The van der Waals surface area contributed by atoms with Crippen LogP contribution in [0.25, 0.3) is 0 Å². The fourth-order valence-electron chi connectivity index (χ4n) is 0.192. The lowest BCUT2D eigenvalue weighted by atomic mass is 10.4. The fourth-order valence-corrected chi connectivity index (χ4v) is 0.192. The van der Waals surface area contributed by atoms with Crippen molar-refractivity contribution < 1.29 is 4.74 Å². The number of ether oxygens (including phenoxy) is 1. The van der Waals surface area contributed by atoms with Gasteiger partial charge >= 0.3 is 0 Å². The molecule has 0 N–H and O–H groups in total. The van der Waals surface area contributed by atoms with Gasteiger partial charge in [0.2, 0.25) is 0 Å². The van der Waals surface area contributed by atoms with Gasteiger partial charge in [-0.2, -0.15) is 0 Å². The predicted molar refractivity (Wildman–Crippen MR) is 67.6 cm³/mol. The van der Waals surface area contributed by atoms with Crippen LogP contribution >= 0.6 is 0 Å². The van der Waals surface area contributed by atoms with Crippen molar-refractivity contribution in [3.8, 4) is 0 Å². The molecule has 0 amide bonds.